The van der Waals surface area contributed by atoms with Crippen molar-refractivity contribution in [3.8, 4) is 5.75 Å². The Morgan fingerprint density at radius 2 is 1.59 bits per heavy atom. The molecule has 1 aromatic heterocycles. The second-order valence-corrected chi connectivity index (χ2v) is 10.8. The van der Waals surface area contributed by atoms with Gasteiger partial charge < -0.3 is 9.53 Å². The quantitative estimate of drug-likeness (QED) is 0.436. The maximum atomic E-state index is 12.0. The summed E-state index contributed by atoms with van der Waals surface area (Å²) in [5, 5.41) is 19.6. The topological polar surface area (TPSA) is 75.2 Å². The van der Waals surface area contributed by atoms with Crippen molar-refractivity contribution in [1.82, 2.24) is 10.2 Å². The summed E-state index contributed by atoms with van der Waals surface area (Å²) < 4.78 is 6.89. The Morgan fingerprint density at radius 1 is 1.03 bits per heavy atom. The summed E-state index contributed by atoms with van der Waals surface area (Å²) in [5.41, 5.74) is 2.70. The van der Waals surface area contributed by atoms with Crippen LogP contribution in [0.15, 0.2) is 66.7 Å². The third kappa shape index (κ3) is 4.06. The minimum atomic E-state index is -1.69. The van der Waals surface area contributed by atoms with Crippen LogP contribution < -0.4 is 14.8 Å². The fourth-order valence-corrected chi connectivity index (χ4v) is 6.04. The van der Waals surface area contributed by atoms with Crippen molar-refractivity contribution in [2.24, 2.45) is 0 Å². The number of nitrogens with zero attached hydrogens (tertiary/aromatic N) is 1. The Labute approximate surface area is 189 Å². The van der Waals surface area contributed by atoms with E-state index in [1.165, 1.54) is 0 Å². The van der Waals surface area contributed by atoms with Crippen LogP contribution in [0.4, 0.5) is 0 Å². The van der Waals surface area contributed by atoms with Crippen LogP contribution in [-0.4, -0.2) is 30.3 Å². The zero-order chi connectivity index (χ0) is 22.9. The van der Waals surface area contributed by atoms with Gasteiger partial charge in [-0.1, -0.05) is 88.4 Å². The van der Waals surface area contributed by atoms with Crippen LogP contribution in [0.3, 0.4) is 0 Å². The third-order valence-corrected chi connectivity index (χ3v) is 7.67. The summed E-state index contributed by atoms with van der Waals surface area (Å²) in [5.74, 6) is -0.442. The lowest BCUT2D eigenvalue weighted by molar-refractivity contribution is 0.0692. The van der Waals surface area contributed by atoms with E-state index in [-0.39, 0.29) is 11.1 Å². The molecule has 0 unspecified atom stereocenters. The molecule has 0 aliphatic heterocycles. The molecule has 2 N–H and O–H groups in total. The van der Waals surface area contributed by atoms with Gasteiger partial charge in [0.25, 0.3) is 0 Å². The number of aromatic nitrogens is 2. The first-order chi connectivity index (χ1) is 15.3. The van der Waals surface area contributed by atoms with Crippen molar-refractivity contribution >= 4 is 36.3 Å². The van der Waals surface area contributed by atoms with Crippen LogP contribution >= 0.6 is 0 Å². The summed E-state index contributed by atoms with van der Waals surface area (Å²) >= 11 is 0. The molecule has 0 saturated carbocycles. The molecule has 0 saturated heterocycles. The van der Waals surface area contributed by atoms with Crippen LogP contribution in [-0.2, 0) is 11.8 Å². The second kappa shape index (κ2) is 8.63. The van der Waals surface area contributed by atoms with Crippen molar-refractivity contribution < 1.29 is 14.3 Å². The van der Waals surface area contributed by atoms with Crippen molar-refractivity contribution in [2.75, 3.05) is 0 Å². The Morgan fingerprint density at radius 3 is 2.06 bits per heavy atom. The molecular formula is C26H27N2O3Si. The van der Waals surface area contributed by atoms with Gasteiger partial charge in [0.15, 0.2) is 5.69 Å². The van der Waals surface area contributed by atoms with Gasteiger partial charge >= 0.3 is 15.0 Å². The normalized spacial score (nSPS) is 11.8. The number of fused-ring (bicyclic) bond motifs is 1. The molecule has 0 amide bonds. The Hall–Kier alpha value is -3.38. The first kappa shape index (κ1) is 21.8. The lowest BCUT2D eigenvalue weighted by Crippen LogP contribution is -2.47. The first-order valence-electron chi connectivity index (χ1n) is 10.7. The molecule has 32 heavy (non-hydrogen) atoms. The molecule has 5 nitrogen and oxygen atoms in total. The van der Waals surface area contributed by atoms with Crippen molar-refractivity contribution in [2.45, 2.75) is 39.5 Å². The standard InChI is InChI=1S/C26H27N2O3Si/c1-5-19-20(26(2,3)4)16-21-22(23(25(29)30)28-27-21)24(19)31-32(17-12-8-6-9-13-17)18-14-10-7-11-15-18/h6-16H,5H2,1-4H3,(H,27,28)(H,29,30). The van der Waals surface area contributed by atoms with E-state index in [2.05, 4.69) is 62.2 Å². The Bertz CT molecular complexity index is 1210. The number of aromatic carboxylic acids is 1. The highest BCUT2D eigenvalue weighted by atomic mass is 28.3. The lowest BCUT2D eigenvalue weighted by atomic mass is 9.82. The van der Waals surface area contributed by atoms with Crippen molar-refractivity contribution in [3.05, 3.63) is 83.6 Å². The molecule has 0 fully saturated rings. The van der Waals surface area contributed by atoms with Crippen LogP contribution in [0.1, 0.15) is 49.3 Å². The van der Waals surface area contributed by atoms with Gasteiger partial charge in [-0.15, -0.1) is 0 Å². The van der Waals surface area contributed by atoms with Crippen LogP contribution in [0.25, 0.3) is 10.9 Å². The molecular weight excluding hydrogens is 416 g/mol. The molecule has 1 radical (unpaired) electrons. The molecule has 1 heterocycles. The summed E-state index contributed by atoms with van der Waals surface area (Å²) in [6.45, 7) is 8.56. The van der Waals surface area contributed by atoms with E-state index in [0.29, 0.717) is 16.7 Å². The number of rotatable bonds is 6. The van der Waals surface area contributed by atoms with E-state index in [1.807, 2.05) is 42.5 Å². The number of carbonyl (C=O) groups is 1. The molecule has 3 aromatic carbocycles. The van der Waals surface area contributed by atoms with E-state index in [0.717, 1.165) is 27.9 Å². The number of benzene rings is 3. The summed E-state index contributed by atoms with van der Waals surface area (Å²) in [6, 6.07) is 22.3. The van der Waals surface area contributed by atoms with E-state index in [1.54, 1.807) is 0 Å². The van der Waals surface area contributed by atoms with Crippen LogP contribution in [0.5, 0.6) is 5.75 Å². The molecule has 0 bridgehead atoms. The Kier molecular flexibility index (Phi) is 5.89. The van der Waals surface area contributed by atoms with Crippen molar-refractivity contribution in [1.29, 1.82) is 0 Å². The molecule has 0 atom stereocenters. The maximum Gasteiger partial charge on any atom is 0.357 e. The molecule has 0 spiro atoms. The highest BCUT2D eigenvalue weighted by molar-refractivity contribution is 6.80. The molecule has 0 aliphatic rings. The van der Waals surface area contributed by atoms with Gasteiger partial charge in [0.05, 0.1) is 10.9 Å². The predicted octanol–water partition coefficient (Wildman–Crippen LogP) is 4.31. The average molecular weight is 444 g/mol. The third-order valence-electron chi connectivity index (χ3n) is 5.55. The fourth-order valence-electron chi connectivity index (χ4n) is 4.05. The molecule has 0 aliphatic carbocycles. The second-order valence-electron chi connectivity index (χ2n) is 8.80. The van der Waals surface area contributed by atoms with E-state index < -0.39 is 15.0 Å². The number of H-pyrrole nitrogens is 1. The predicted molar refractivity (Wildman–Crippen MR) is 130 cm³/mol. The number of nitrogens with one attached hydrogen (secondary N) is 1. The van der Waals surface area contributed by atoms with E-state index in [4.69, 9.17) is 4.43 Å². The largest absolute Gasteiger partial charge is 0.532 e. The minimum Gasteiger partial charge on any atom is -0.532 e. The van der Waals surface area contributed by atoms with E-state index in [9.17, 15) is 9.90 Å². The van der Waals surface area contributed by atoms with Gasteiger partial charge in [0.2, 0.25) is 0 Å². The summed E-state index contributed by atoms with van der Waals surface area (Å²) in [6.07, 6.45) is 0.723. The smallest absolute Gasteiger partial charge is 0.357 e. The zero-order valence-electron chi connectivity index (χ0n) is 18.8. The van der Waals surface area contributed by atoms with Gasteiger partial charge in [0.1, 0.15) is 5.75 Å². The maximum absolute atomic E-state index is 12.0. The molecule has 163 valence electrons. The summed E-state index contributed by atoms with van der Waals surface area (Å²) in [4.78, 5) is 12.0. The van der Waals surface area contributed by atoms with Crippen molar-refractivity contribution in [3.63, 3.8) is 0 Å². The lowest BCUT2D eigenvalue weighted by Gasteiger charge is -2.27. The molecule has 6 heteroatoms. The minimum absolute atomic E-state index is 0.00682. The Balaban J connectivity index is 2.01. The highest BCUT2D eigenvalue weighted by Crippen LogP contribution is 2.39. The number of carboxylic acid groups (broad SMARTS) is 1. The molecule has 4 aromatic rings. The molecule has 4 rings (SSSR count). The van der Waals surface area contributed by atoms with Gasteiger partial charge in [-0.25, -0.2) is 4.79 Å². The SMILES string of the molecule is CCc1c(C(C)(C)C)cc2[nH]nc(C(=O)O)c2c1O[Si](c1ccccc1)c1ccccc1. The monoisotopic (exact) mass is 443 g/mol. The number of hydrogen-bond acceptors (Lipinski definition) is 3. The average Bonchev–Trinajstić information content (AvgIpc) is 3.22. The zero-order valence-corrected chi connectivity index (χ0v) is 19.8. The number of hydrogen-bond donors (Lipinski definition) is 2. The van der Waals surface area contributed by atoms with E-state index >= 15 is 0 Å². The van der Waals surface area contributed by atoms with Crippen LogP contribution in [0, 0.1) is 0 Å². The first-order valence-corrected chi connectivity index (χ1v) is 12.2. The van der Waals surface area contributed by atoms with Gasteiger partial charge in [-0.2, -0.15) is 5.10 Å². The van der Waals surface area contributed by atoms with Gasteiger partial charge in [0, 0.05) is 0 Å². The summed E-state index contributed by atoms with van der Waals surface area (Å²) in [7, 11) is -1.69. The number of aromatic amines is 1. The van der Waals surface area contributed by atoms with Gasteiger partial charge in [-0.05, 0) is 39.4 Å². The van der Waals surface area contributed by atoms with Crippen LogP contribution in [0.2, 0.25) is 0 Å². The highest BCUT2D eigenvalue weighted by Gasteiger charge is 2.30. The fraction of sp³-hybridized carbons (Fsp3) is 0.231. The van der Waals surface area contributed by atoms with Gasteiger partial charge in [-0.3, -0.25) is 5.10 Å². The number of carboxylic acids is 1.